The second kappa shape index (κ2) is 9.54. The van der Waals surface area contributed by atoms with Crippen LogP contribution in [-0.4, -0.2) is 63.1 Å². The van der Waals surface area contributed by atoms with Gasteiger partial charge in [-0.15, -0.1) is 0 Å². The van der Waals surface area contributed by atoms with Crippen LogP contribution in [-0.2, 0) is 16.6 Å². The molecule has 0 saturated carbocycles. The SMILES string of the molecule is COc1ccccc1CN(CCO)C(=O)Nc1cccc(S(=O)(=O)N(C)C)c1. The second-order valence-corrected chi connectivity index (χ2v) is 8.35. The van der Waals surface area contributed by atoms with Gasteiger partial charge in [-0.05, 0) is 24.3 Å². The molecule has 0 unspecified atom stereocenters. The number of hydrogen-bond donors (Lipinski definition) is 2. The molecule has 0 heterocycles. The Balaban J connectivity index is 2.21. The lowest BCUT2D eigenvalue weighted by Crippen LogP contribution is -2.36. The molecule has 0 aliphatic carbocycles. The number of hydrogen-bond acceptors (Lipinski definition) is 5. The van der Waals surface area contributed by atoms with E-state index in [2.05, 4.69) is 5.32 Å². The fourth-order valence-electron chi connectivity index (χ4n) is 2.56. The van der Waals surface area contributed by atoms with Crippen LogP contribution in [0, 0.1) is 0 Å². The molecular weight excluding hydrogens is 382 g/mol. The lowest BCUT2D eigenvalue weighted by atomic mass is 10.2. The van der Waals surface area contributed by atoms with E-state index in [-0.39, 0.29) is 24.6 Å². The van der Waals surface area contributed by atoms with Crippen LogP contribution in [0.1, 0.15) is 5.56 Å². The van der Waals surface area contributed by atoms with Crippen LogP contribution >= 0.6 is 0 Å². The molecule has 2 aromatic rings. The van der Waals surface area contributed by atoms with Gasteiger partial charge in [0.1, 0.15) is 5.75 Å². The van der Waals surface area contributed by atoms with Crippen LogP contribution in [0.2, 0.25) is 0 Å². The predicted molar refractivity (Wildman–Crippen MR) is 107 cm³/mol. The number of rotatable bonds is 8. The number of amides is 2. The molecule has 2 aromatic carbocycles. The van der Waals surface area contributed by atoms with Crippen molar-refractivity contribution in [1.29, 1.82) is 0 Å². The zero-order chi connectivity index (χ0) is 20.7. The monoisotopic (exact) mass is 407 g/mol. The minimum atomic E-state index is -3.61. The van der Waals surface area contributed by atoms with Gasteiger partial charge < -0.3 is 20.1 Å². The quantitative estimate of drug-likeness (QED) is 0.697. The second-order valence-electron chi connectivity index (χ2n) is 6.20. The normalized spacial score (nSPS) is 11.3. The molecule has 0 bridgehead atoms. The summed E-state index contributed by atoms with van der Waals surface area (Å²) < 4.78 is 31.0. The van der Waals surface area contributed by atoms with Crippen molar-refractivity contribution in [2.45, 2.75) is 11.4 Å². The highest BCUT2D eigenvalue weighted by Crippen LogP contribution is 2.21. The fraction of sp³-hybridized carbons (Fsp3) is 0.316. The van der Waals surface area contributed by atoms with E-state index in [1.54, 1.807) is 25.3 Å². The first-order valence-corrected chi connectivity index (χ1v) is 10.0. The lowest BCUT2D eigenvalue weighted by molar-refractivity contribution is 0.184. The number of nitrogens with zero attached hydrogens (tertiary/aromatic N) is 2. The van der Waals surface area contributed by atoms with Gasteiger partial charge in [-0.25, -0.2) is 17.5 Å². The largest absolute Gasteiger partial charge is 0.496 e. The Kier molecular flexibility index (Phi) is 7.38. The summed E-state index contributed by atoms with van der Waals surface area (Å²) in [6, 6.07) is 12.9. The number of aliphatic hydroxyl groups excluding tert-OH is 1. The Morgan fingerprint density at radius 3 is 2.50 bits per heavy atom. The van der Waals surface area contributed by atoms with Gasteiger partial charge in [-0.3, -0.25) is 0 Å². The number of carbonyl (C=O) groups is 1. The minimum absolute atomic E-state index is 0.0775. The highest BCUT2D eigenvalue weighted by Gasteiger charge is 2.19. The summed E-state index contributed by atoms with van der Waals surface area (Å²) in [5.41, 5.74) is 1.13. The molecule has 0 aromatic heterocycles. The minimum Gasteiger partial charge on any atom is -0.496 e. The lowest BCUT2D eigenvalue weighted by Gasteiger charge is -2.23. The van der Waals surface area contributed by atoms with Crippen molar-refractivity contribution in [3.63, 3.8) is 0 Å². The topological polar surface area (TPSA) is 99.2 Å². The molecular formula is C19H25N3O5S. The molecule has 0 aliphatic heterocycles. The molecule has 28 heavy (non-hydrogen) atoms. The average molecular weight is 407 g/mol. The molecule has 2 amide bonds. The van der Waals surface area contributed by atoms with Crippen LogP contribution in [0.25, 0.3) is 0 Å². The summed E-state index contributed by atoms with van der Waals surface area (Å²) in [5.74, 6) is 0.636. The molecule has 0 aliphatic rings. The van der Waals surface area contributed by atoms with Crippen molar-refractivity contribution < 1.29 is 23.1 Å². The van der Waals surface area contributed by atoms with Gasteiger partial charge in [0.15, 0.2) is 0 Å². The average Bonchev–Trinajstić information content (AvgIpc) is 2.68. The molecule has 0 radical (unpaired) electrons. The van der Waals surface area contributed by atoms with Crippen LogP contribution < -0.4 is 10.1 Å². The Hall–Kier alpha value is -2.62. The summed E-state index contributed by atoms with van der Waals surface area (Å²) in [5, 5.41) is 12.0. The zero-order valence-electron chi connectivity index (χ0n) is 16.1. The Labute approximate surface area is 165 Å². The number of urea groups is 1. The number of para-hydroxylation sites is 1. The number of sulfonamides is 1. The van der Waals surface area contributed by atoms with E-state index < -0.39 is 16.1 Å². The van der Waals surface area contributed by atoms with E-state index >= 15 is 0 Å². The van der Waals surface area contributed by atoms with Crippen molar-refractivity contribution in [1.82, 2.24) is 9.21 Å². The first-order chi connectivity index (χ1) is 13.3. The molecule has 0 atom stereocenters. The highest BCUT2D eigenvalue weighted by molar-refractivity contribution is 7.89. The van der Waals surface area contributed by atoms with Gasteiger partial charge >= 0.3 is 6.03 Å². The van der Waals surface area contributed by atoms with Gasteiger partial charge in [0.2, 0.25) is 10.0 Å². The Morgan fingerprint density at radius 1 is 1.14 bits per heavy atom. The Morgan fingerprint density at radius 2 is 1.86 bits per heavy atom. The van der Waals surface area contributed by atoms with Gasteiger partial charge in [0.05, 0.1) is 25.2 Å². The first kappa shape index (κ1) is 21.7. The van der Waals surface area contributed by atoms with Gasteiger partial charge in [-0.2, -0.15) is 0 Å². The molecule has 2 rings (SSSR count). The first-order valence-electron chi connectivity index (χ1n) is 8.61. The van der Waals surface area contributed by atoms with Crippen LogP contribution in [0.3, 0.4) is 0 Å². The molecule has 9 heteroatoms. The molecule has 0 fully saturated rings. The van der Waals surface area contributed by atoms with Gasteiger partial charge in [0, 0.05) is 31.9 Å². The summed E-state index contributed by atoms with van der Waals surface area (Å²) in [6.45, 7) is 0.128. The number of methoxy groups -OCH3 is 1. The van der Waals surface area contributed by atoms with E-state index in [0.717, 1.165) is 9.87 Å². The third-order valence-corrected chi connectivity index (χ3v) is 5.89. The molecule has 0 saturated heterocycles. The van der Waals surface area contributed by atoms with Crippen LogP contribution in [0.15, 0.2) is 53.4 Å². The van der Waals surface area contributed by atoms with Crippen LogP contribution in [0.4, 0.5) is 10.5 Å². The maximum Gasteiger partial charge on any atom is 0.322 e. The third-order valence-electron chi connectivity index (χ3n) is 4.07. The summed E-state index contributed by atoms with van der Waals surface area (Å²) in [6.07, 6.45) is 0. The molecule has 8 nitrogen and oxygen atoms in total. The maximum absolute atomic E-state index is 12.7. The van der Waals surface area contributed by atoms with Crippen molar-refractivity contribution in [3.05, 3.63) is 54.1 Å². The van der Waals surface area contributed by atoms with Crippen LogP contribution in [0.5, 0.6) is 5.75 Å². The fourth-order valence-corrected chi connectivity index (χ4v) is 3.51. The number of anilines is 1. The molecule has 152 valence electrons. The number of aliphatic hydroxyl groups is 1. The number of nitrogens with one attached hydrogen (secondary N) is 1. The third kappa shape index (κ3) is 5.22. The van der Waals surface area contributed by atoms with E-state index in [0.29, 0.717) is 11.4 Å². The number of benzene rings is 2. The summed E-state index contributed by atoms with van der Waals surface area (Å²) in [4.78, 5) is 14.2. The van der Waals surface area contributed by atoms with E-state index in [4.69, 9.17) is 4.74 Å². The predicted octanol–water partition coefficient (Wildman–Crippen LogP) is 1.97. The Bertz CT molecular complexity index is 915. The van der Waals surface area contributed by atoms with Gasteiger partial charge in [-0.1, -0.05) is 24.3 Å². The number of carbonyl (C=O) groups excluding carboxylic acids is 1. The van der Waals surface area contributed by atoms with Crippen molar-refractivity contribution in [3.8, 4) is 5.75 Å². The van der Waals surface area contributed by atoms with Gasteiger partial charge in [0.25, 0.3) is 0 Å². The molecule has 0 spiro atoms. The summed E-state index contributed by atoms with van der Waals surface area (Å²) >= 11 is 0. The molecule has 2 N–H and O–H groups in total. The smallest absolute Gasteiger partial charge is 0.322 e. The van der Waals surface area contributed by atoms with Crippen molar-refractivity contribution in [2.75, 3.05) is 39.7 Å². The zero-order valence-corrected chi connectivity index (χ0v) is 16.9. The summed E-state index contributed by atoms with van der Waals surface area (Å²) in [7, 11) is 0.819. The van der Waals surface area contributed by atoms with Crippen molar-refractivity contribution >= 4 is 21.7 Å². The van der Waals surface area contributed by atoms with E-state index in [1.807, 2.05) is 18.2 Å². The standard InChI is InChI=1S/C19H25N3O5S/c1-21(2)28(25,26)17-9-6-8-16(13-17)20-19(24)22(11-12-23)14-15-7-4-5-10-18(15)27-3/h4-10,13,23H,11-12,14H2,1-3H3,(H,20,24). The van der Waals surface area contributed by atoms with Crippen molar-refractivity contribution in [2.24, 2.45) is 0 Å². The van der Waals surface area contributed by atoms with E-state index in [9.17, 15) is 18.3 Å². The number of ether oxygens (including phenoxy) is 1. The highest BCUT2D eigenvalue weighted by atomic mass is 32.2. The maximum atomic E-state index is 12.7. The van der Waals surface area contributed by atoms with E-state index in [1.165, 1.54) is 31.1 Å².